The van der Waals surface area contributed by atoms with Crippen LogP contribution in [0.5, 0.6) is 0 Å². The number of ether oxygens (including phenoxy) is 1. The lowest BCUT2D eigenvalue weighted by Gasteiger charge is -2.41. The number of sulfonamides is 1. The molecule has 0 saturated carbocycles. The molecule has 1 amide bonds. The Bertz CT molecular complexity index is 883. The summed E-state index contributed by atoms with van der Waals surface area (Å²) in [6.07, 6.45) is -1.38. The first kappa shape index (κ1) is 22.1. The summed E-state index contributed by atoms with van der Waals surface area (Å²) in [6, 6.07) is 5.20. The summed E-state index contributed by atoms with van der Waals surface area (Å²) in [6.45, 7) is 4.27. The molecule has 2 atom stereocenters. The van der Waals surface area contributed by atoms with E-state index in [1.54, 1.807) is 20.8 Å². The van der Waals surface area contributed by atoms with Crippen molar-refractivity contribution < 1.29 is 32.6 Å². The van der Waals surface area contributed by atoms with Gasteiger partial charge in [-0.25, -0.2) is 26.9 Å². The summed E-state index contributed by atoms with van der Waals surface area (Å²) >= 11 is 0. The number of aliphatic imine (C=N–C) groups is 1. The van der Waals surface area contributed by atoms with Crippen LogP contribution in [-0.2, 0) is 20.3 Å². The number of halogens is 1. The average molecular weight is 417 g/mol. The van der Waals surface area contributed by atoms with Crippen molar-refractivity contribution in [2.45, 2.75) is 43.8 Å². The predicted molar refractivity (Wildman–Crippen MR) is 99.3 cm³/mol. The van der Waals surface area contributed by atoms with Crippen molar-refractivity contribution in [3.8, 4) is 0 Å². The van der Waals surface area contributed by atoms with Crippen LogP contribution in [0.15, 0.2) is 29.3 Å². The lowest BCUT2D eigenvalue weighted by atomic mass is 9.87. The highest BCUT2D eigenvalue weighted by molar-refractivity contribution is 7.90. The van der Waals surface area contributed by atoms with Gasteiger partial charge in [0.15, 0.2) is 0 Å². The number of carbonyl (C=O) groups is 1. The van der Waals surface area contributed by atoms with Gasteiger partial charge in [-0.05, 0) is 26.8 Å². The van der Waals surface area contributed by atoms with Crippen LogP contribution in [0, 0.1) is 5.82 Å². The number of nitrogens with one attached hydrogen (secondary N) is 1. The second kappa shape index (κ2) is 7.64. The van der Waals surface area contributed by atoms with Crippen molar-refractivity contribution in [3.63, 3.8) is 0 Å². The van der Waals surface area contributed by atoms with E-state index in [-0.39, 0.29) is 5.56 Å². The molecule has 2 rings (SSSR count). The van der Waals surface area contributed by atoms with E-state index < -0.39 is 57.5 Å². The largest absolute Gasteiger partial charge is 0.444 e. The molecule has 11 heteroatoms. The Labute approximate surface area is 162 Å². The normalized spacial score (nSPS) is 24.5. The van der Waals surface area contributed by atoms with Gasteiger partial charge >= 0.3 is 6.09 Å². The van der Waals surface area contributed by atoms with Gasteiger partial charge in [-0.2, -0.15) is 0 Å². The van der Waals surface area contributed by atoms with Crippen LogP contribution >= 0.6 is 0 Å². The number of carbonyl (C=O) groups excluding carboxylic acids is 1. The number of aliphatic hydroxyl groups is 2. The van der Waals surface area contributed by atoms with E-state index in [9.17, 15) is 27.8 Å². The zero-order valence-corrected chi connectivity index (χ0v) is 16.8. The fraction of sp³-hybridized carbons (Fsp3) is 0.529. The van der Waals surface area contributed by atoms with Crippen molar-refractivity contribution in [3.05, 3.63) is 35.6 Å². The number of amides is 1. The summed E-state index contributed by atoms with van der Waals surface area (Å²) in [4.78, 5) is 16.3. The summed E-state index contributed by atoms with van der Waals surface area (Å²) in [5.41, 5.74) is -5.32. The first-order valence-electron chi connectivity index (χ1n) is 8.47. The highest BCUT2D eigenvalue weighted by Gasteiger charge is 2.54. The molecule has 0 aromatic heterocycles. The number of hydrogen-bond donors (Lipinski definition) is 3. The van der Waals surface area contributed by atoms with Crippen molar-refractivity contribution >= 4 is 22.1 Å². The van der Waals surface area contributed by atoms with E-state index in [1.807, 2.05) is 0 Å². The zero-order valence-electron chi connectivity index (χ0n) is 16.0. The maximum Gasteiger partial charge on any atom is 0.414 e. The standard InChI is InChI=1S/C17H24FN3O6S/c1-16(2,3)27-15(24)19-14-20-17(9-10-22,11-7-5-6-8-12(11)18)13(23)28(25,26)21(14)4/h5-8,13,22-23H,9-10H2,1-4H3,(H,19,20,24)/t13?,17-/m1/s1. The van der Waals surface area contributed by atoms with Crippen LogP contribution in [0.2, 0.25) is 0 Å². The average Bonchev–Trinajstić information content (AvgIpc) is 2.57. The summed E-state index contributed by atoms with van der Waals surface area (Å²) < 4.78 is 45.7. The predicted octanol–water partition coefficient (Wildman–Crippen LogP) is 0.878. The van der Waals surface area contributed by atoms with Crippen molar-refractivity contribution in [2.75, 3.05) is 13.7 Å². The molecule has 0 fully saturated rings. The molecule has 0 saturated heterocycles. The van der Waals surface area contributed by atoms with Gasteiger partial charge < -0.3 is 14.9 Å². The quantitative estimate of drug-likeness (QED) is 0.670. The molecular formula is C17H24FN3O6S. The van der Waals surface area contributed by atoms with Gasteiger partial charge in [0.1, 0.15) is 17.0 Å². The second-order valence-electron chi connectivity index (χ2n) is 7.30. The number of rotatable bonds is 3. The second-order valence-corrected chi connectivity index (χ2v) is 9.33. The van der Waals surface area contributed by atoms with E-state index in [0.717, 1.165) is 13.1 Å². The summed E-state index contributed by atoms with van der Waals surface area (Å²) in [5.74, 6) is -1.27. The Hall–Kier alpha value is -2.24. The molecule has 0 bridgehead atoms. The maximum atomic E-state index is 14.5. The number of nitrogens with zero attached hydrogens (tertiary/aromatic N) is 2. The first-order valence-corrected chi connectivity index (χ1v) is 9.97. The number of alkyl carbamates (subject to hydrolysis) is 1. The molecule has 1 aliphatic heterocycles. The Kier molecular flexibility index (Phi) is 6.02. The molecule has 28 heavy (non-hydrogen) atoms. The molecule has 1 heterocycles. The lowest BCUT2D eigenvalue weighted by Crippen LogP contribution is -2.59. The zero-order chi connectivity index (χ0) is 21.3. The van der Waals surface area contributed by atoms with E-state index in [2.05, 4.69) is 10.3 Å². The van der Waals surface area contributed by atoms with Gasteiger partial charge in [0.2, 0.25) is 11.4 Å². The van der Waals surface area contributed by atoms with Gasteiger partial charge in [0, 0.05) is 25.6 Å². The number of guanidine groups is 1. The third kappa shape index (κ3) is 4.10. The van der Waals surface area contributed by atoms with Crippen LogP contribution in [0.3, 0.4) is 0 Å². The van der Waals surface area contributed by atoms with Crippen LogP contribution in [0.1, 0.15) is 32.8 Å². The third-order valence-electron chi connectivity index (χ3n) is 4.12. The van der Waals surface area contributed by atoms with Gasteiger partial charge in [-0.3, -0.25) is 5.32 Å². The lowest BCUT2D eigenvalue weighted by molar-refractivity contribution is 0.0555. The van der Waals surface area contributed by atoms with E-state index in [1.165, 1.54) is 18.2 Å². The number of aliphatic hydroxyl groups excluding tert-OH is 2. The summed E-state index contributed by atoms with van der Waals surface area (Å²) in [5, 5.41) is 22.3. The molecule has 1 aliphatic rings. The maximum absolute atomic E-state index is 14.5. The minimum atomic E-state index is -4.46. The molecule has 0 radical (unpaired) electrons. The highest BCUT2D eigenvalue weighted by Crippen LogP contribution is 2.40. The Morgan fingerprint density at radius 1 is 1.39 bits per heavy atom. The topological polar surface area (TPSA) is 129 Å². The molecule has 9 nitrogen and oxygen atoms in total. The van der Waals surface area contributed by atoms with Crippen LogP contribution in [0.25, 0.3) is 0 Å². The fourth-order valence-corrected chi connectivity index (χ4v) is 4.24. The Morgan fingerprint density at radius 3 is 2.54 bits per heavy atom. The third-order valence-corrected chi connectivity index (χ3v) is 6.01. The smallest absolute Gasteiger partial charge is 0.414 e. The van der Waals surface area contributed by atoms with Crippen molar-refractivity contribution in [1.29, 1.82) is 0 Å². The molecule has 3 N–H and O–H groups in total. The van der Waals surface area contributed by atoms with Gasteiger partial charge in [0.05, 0.1) is 0 Å². The molecule has 1 aromatic carbocycles. The van der Waals surface area contributed by atoms with Gasteiger partial charge in [0.25, 0.3) is 10.0 Å². The molecule has 0 spiro atoms. The van der Waals surface area contributed by atoms with Crippen molar-refractivity contribution in [2.24, 2.45) is 4.99 Å². The molecular weight excluding hydrogens is 393 g/mol. The summed E-state index contributed by atoms with van der Waals surface area (Å²) in [7, 11) is -3.38. The van der Waals surface area contributed by atoms with Crippen LogP contribution < -0.4 is 5.32 Å². The first-order chi connectivity index (χ1) is 12.8. The van der Waals surface area contributed by atoms with E-state index in [4.69, 9.17) is 4.74 Å². The fourth-order valence-electron chi connectivity index (χ4n) is 2.82. The van der Waals surface area contributed by atoms with Crippen LogP contribution in [0.4, 0.5) is 9.18 Å². The minimum absolute atomic E-state index is 0.225. The molecule has 1 unspecified atom stereocenters. The van der Waals surface area contributed by atoms with Crippen LogP contribution in [-0.4, -0.2) is 59.7 Å². The van der Waals surface area contributed by atoms with Gasteiger partial charge in [-0.1, -0.05) is 18.2 Å². The van der Waals surface area contributed by atoms with E-state index >= 15 is 0 Å². The number of benzene rings is 1. The molecule has 1 aromatic rings. The molecule has 156 valence electrons. The minimum Gasteiger partial charge on any atom is -0.444 e. The van der Waals surface area contributed by atoms with E-state index in [0.29, 0.717) is 4.31 Å². The molecule has 0 aliphatic carbocycles. The Balaban J connectivity index is 2.64. The highest BCUT2D eigenvalue weighted by atomic mass is 32.2. The monoisotopic (exact) mass is 417 g/mol. The SMILES string of the molecule is CN1C(NC(=O)OC(C)(C)C)=N[C@](CCO)(c2ccccc2F)C(O)S1(=O)=O. The van der Waals surface area contributed by atoms with Gasteiger partial charge in [-0.15, -0.1) is 0 Å². The number of hydrogen-bond acceptors (Lipinski definition) is 7. The Morgan fingerprint density at radius 2 is 2.00 bits per heavy atom. The van der Waals surface area contributed by atoms with Crippen molar-refractivity contribution in [1.82, 2.24) is 9.62 Å².